The highest BCUT2D eigenvalue weighted by Gasteiger charge is 2.27. The Balaban J connectivity index is 2.10. The van der Waals surface area contributed by atoms with Crippen LogP contribution >= 0.6 is 43.2 Å². The second kappa shape index (κ2) is 5.68. The second-order valence-corrected chi connectivity index (χ2v) is 8.17. The van der Waals surface area contributed by atoms with Gasteiger partial charge in [0.15, 0.2) is 0 Å². The average Bonchev–Trinajstić information content (AvgIpc) is 2.60. The van der Waals surface area contributed by atoms with Crippen molar-refractivity contribution in [2.24, 2.45) is 0 Å². The number of hydrogen-bond donors (Lipinski definition) is 0. The molecule has 0 N–H and O–H groups in total. The lowest BCUT2D eigenvalue weighted by Crippen LogP contribution is -2.24. The maximum Gasteiger partial charge on any atom is 0.0846 e. The van der Waals surface area contributed by atoms with Crippen LogP contribution in [0.5, 0.6) is 0 Å². The van der Waals surface area contributed by atoms with Gasteiger partial charge in [0.1, 0.15) is 0 Å². The predicted octanol–water partition coefficient (Wildman–Crippen LogP) is 4.89. The summed E-state index contributed by atoms with van der Waals surface area (Å²) >= 11 is 9.29. The first-order valence-electron chi connectivity index (χ1n) is 6.37. The molecular weight excluding hydrogens is 386 g/mol. The standard InChI is InChI=1S/C15H15Br2NS/c1-18-8-7-11-13(16)15(17)19-14(11)12(9-18)10-5-3-2-4-6-10/h2-6,12H,7-9H2,1H3. The molecule has 1 unspecified atom stereocenters. The molecule has 0 saturated heterocycles. The van der Waals surface area contributed by atoms with Gasteiger partial charge in [-0.25, -0.2) is 0 Å². The summed E-state index contributed by atoms with van der Waals surface area (Å²) in [6.07, 6.45) is 1.12. The number of rotatable bonds is 1. The number of hydrogen-bond acceptors (Lipinski definition) is 2. The molecule has 0 aliphatic carbocycles. The van der Waals surface area contributed by atoms with Crippen molar-refractivity contribution in [1.29, 1.82) is 0 Å². The van der Waals surface area contributed by atoms with Gasteiger partial charge in [0.2, 0.25) is 0 Å². The molecule has 2 aromatic rings. The number of nitrogens with zero attached hydrogens (tertiary/aromatic N) is 1. The van der Waals surface area contributed by atoms with Gasteiger partial charge in [0.05, 0.1) is 3.79 Å². The lowest BCUT2D eigenvalue weighted by atomic mass is 9.95. The van der Waals surface area contributed by atoms with Crippen molar-refractivity contribution in [3.05, 3.63) is 54.6 Å². The molecule has 0 spiro atoms. The van der Waals surface area contributed by atoms with Crippen molar-refractivity contribution in [1.82, 2.24) is 4.90 Å². The van der Waals surface area contributed by atoms with Crippen LogP contribution in [0, 0.1) is 0 Å². The highest BCUT2D eigenvalue weighted by atomic mass is 79.9. The third-order valence-electron chi connectivity index (χ3n) is 3.69. The minimum Gasteiger partial charge on any atom is -0.305 e. The molecule has 1 aromatic heterocycles. The monoisotopic (exact) mass is 399 g/mol. The number of halogens is 2. The summed E-state index contributed by atoms with van der Waals surface area (Å²) in [4.78, 5) is 3.94. The van der Waals surface area contributed by atoms with E-state index in [0.29, 0.717) is 5.92 Å². The maximum absolute atomic E-state index is 3.74. The molecular formula is C15H15Br2NS. The maximum atomic E-state index is 3.74. The van der Waals surface area contributed by atoms with Crippen molar-refractivity contribution >= 4 is 43.2 Å². The number of likely N-dealkylation sites (N-methyl/N-ethyl adjacent to an activating group) is 1. The molecule has 19 heavy (non-hydrogen) atoms. The first-order valence-corrected chi connectivity index (χ1v) is 8.77. The van der Waals surface area contributed by atoms with Crippen LogP contribution in [0.4, 0.5) is 0 Å². The van der Waals surface area contributed by atoms with E-state index in [-0.39, 0.29) is 0 Å². The molecule has 4 heteroatoms. The average molecular weight is 401 g/mol. The molecule has 1 aromatic carbocycles. The Morgan fingerprint density at radius 1 is 1.21 bits per heavy atom. The van der Waals surface area contributed by atoms with Crippen LogP contribution in [0.25, 0.3) is 0 Å². The lowest BCUT2D eigenvalue weighted by Gasteiger charge is -2.20. The minimum absolute atomic E-state index is 0.483. The van der Waals surface area contributed by atoms with Gasteiger partial charge in [-0.3, -0.25) is 0 Å². The van der Waals surface area contributed by atoms with Crippen LogP contribution in [-0.2, 0) is 6.42 Å². The van der Waals surface area contributed by atoms with Crippen LogP contribution in [0.15, 0.2) is 38.6 Å². The third-order valence-corrected chi connectivity index (χ3v) is 7.38. The van der Waals surface area contributed by atoms with E-state index in [0.717, 1.165) is 19.5 Å². The summed E-state index contributed by atoms with van der Waals surface area (Å²) in [6.45, 7) is 2.22. The highest BCUT2D eigenvalue weighted by Crippen LogP contribution is 2.44. The van der Waals surface area contributed by atoms with Crippen LogP contribution in [0.3, 0.4) is 0 Å². The Hall–Kier alpha value is -0.160. The van der Waals surface area contributed by atoms with Gasteiger partial charge in [-0.15, -0.1) is 11.3 Å². The van der Waals surface area contributed by atoms with Crippen molar-refractivity contribution in [3.63, 3.8) is 0 Å². The number of thiophene rings is 1. The molecule has 0 fully saturated rings. The SMILES string of the molecule is CN1CCc2c(sc(Br)c2Br)C(c2ccccc2)C1. The zero-order valence-corrected chi connectivity index (χ0v) is 14.7. The van der Waals surface area contributed by atoms with Crippen LogP contribution < -0.4 is 0 Å². The Labute approximate surface area is 134 Å². The summed E-state index contributed by atoms with van der Waals surface area (Å²) in [5.41, 5.74) is 2.90. The van der Waals surface area contributed by atoms with Crippen LogP contribution in [-0.4, -0.2) is 25.0 Å². The summed E-state index contributed by atoms with van der Waals surface area (Å²) in [6, 6.07) is 10.9. The minimum atomic E-state index is 0.483. The zero-order valence-electron chi connectivity index (χ0n) is 10.7. The molecule has 1 atom stereocenters. The third kappa shape index (κ3) is 2.68. The Bertz CT molecular complexity index is 579. The largest absolute Gasteiger partial charge is 0.305 e. The highest BCUT2D eigenvalue weighted by molar-refractivity contribution is 9.13. The molecule has 0 radical (unpaired) electrons. The molecule has 100 valence electrons. The van der Waals surface area contributed by atoms with E-state index in [1.165, 1.54) is 24.3 Å². The summed E-state index contributed by atoms with van der Waals surface area (Å²) in [5.74, 6) is 0.483. The molecule has 1 aliphatic heterocycles. The number of benzene rings is 1. The molecule has 1 aliphatic rings. The molecule has 0 amide bonds. The fourth-order valence-corrected chi connectivity index (χ4v) is 5.31. The van der Waals surface area contributed by atoms with Gasteiger partial charge < -0.3 is 4.90 Å². The van der Waals surface area contributed by atoms with Gasteiger partial charge in [-0.1, -0.05) is 30.3 Å². The van der Waals surface area contributed by atoms with Crippen molar-refractivity contribution in [2.45, 2.75) is 12.3 Å². The molecule has 3 rings (SSSR count). The Morgan fingerprint density at radius 2 is 1.95 bits per heavy atom. The smallest absolute Gasteiger partial charge is 0.0846 e. The van der Waals surface area contributed by atoms with Gasteiger partial charge >= 0.3 is 0 Å². The summed E-state index contributed by atoms with van der Waals surface area (Å²) in [7, 11) is 2.22. The second-order valence-electron chi connectivity index (χ2n) is 5.01. The molecule has 0 bridgehead atoms. The fourth-order valence-electron chi connectivity index (χ4n) is 2.67. The zero-order chi connectivity index (χ0) is 13.4. The van der Waals surface area contributed by atoms with E-state index in [9.17, 15) is 0 Å². The van der Waals surface area contributed by atoms with Gasteiger partial charge in [0.25, 0.3) is 0 Å². The van der Waals surface area contributed by atoms with E-state index in [1.807, 2.05) is 11.3 Å². The van der Waals surface area contributed by atoms with E-state index in [4.69, 9.17) is 0 Å². The fraction of sp³-hybridized carbons (Fsp3) is 0.333. The van der Waals surface area contributed by atoms with Gasteiger partial charge in [0, 0.05) is 28.4 Å². The quantitative estimate of drug-likeness (QED) is 0.658. The van der Waals surface area contributed by atoms with Crippen molar-refractivity contribution < 1.29 is 0 Å². The van der Waals surface area contributed by atoms with E-state index < -0.39 is 0 Å². The molecule has 2 heterocycles. The Kier molecular flexibility index (Phi) is 4.13. The van der Waals surface area contributed by atoms with E-state index in [2.05, 4.69) is 74.1 Å². The topological polar surface area (TPSA) is 3.24 Å². The summed E-state index contributed by atoms with van der Waals surface area (Å²) < 4.78 is 2.48. The first-order chi connectivity index (χ1) is 9.16. The van der Waals surface area contributed by atoms with Gasteiger partial charge in [-0.2, -0.15) is 0 Å². The van der Waals surface area contributed by atoms with E-state index in [1.54, 1.807) is 0 Å². The van der Waals surface area contributed by atoms with E-state index >= 15 is 0 Å². The lowest BCUT2D eigenvalue weighted by molar-refractivity contribution is 0.338. The van der Waals surface area contributed by atoms with Crippen molar-refractivity contribution in [2.75, 3.05) is 20.1 Å². The summed E-state index contributed by atoms with van der Waals surface area (Å²) in [5, 5.41) is 0. The molecule has 0 saturated carbocycles. The normalized spacial score (nSPS) is 20.1. The molecule has 1 nitrogen and oxygen atoms in total. The van der Waals surface area contributed by atoms with Crippen LogP contribution in [0.1, 0.15) is 21.9 Å². The van der Waals surface area contributed by atoms with Gasteiger partial charge in [-0.05, 0) is 56.5 Å². The predicted molar refractivity (Wildman–Crippen MR) is 89.2 cm³/mol. The Morgan fingerprint density at radius 3 is 2.68 bits per heavy atom. The van der Waals surface area contributed by atoms with Crippen LogP contribution in [0.2, 0.25) is 0 Å². The number of fused-ring (bicyclic) bond motifs is 1. The first kappa shape index (κ1) is 13.8. The van der Waals surface area contributed by atoms with Crippen molar-refractivity contribution in [3.8, 4) is 0 Å².